The van der Waals surface area contributed by atoms with Crippen LogP contribution in [0.4, 0.5) is 0 Å². The number of amides is 1. The third-order valence-corrected chi connectivity index (χ3v) is 3.03. The van der Waals surface area contributed by atoms with E-state index in [4.69, 9.17) is 10.5 Å². The highest BCUT2D eigenvalue weighted by Gasteiger charge is 2.40. The molecule has 0 aromatic rings. The zero-order valence-corrected chi connectivity index (χ0v) is 7.36. The minimum absolute atomic E-state index is 0.131. The van der Waals surface area contributed by atoms with E-state index in [0.29, 0.717) is 19.4 Å². The molecular weight excluding hydrogens is 170 g/mol. The van der Waals surface area contributed by atoms with Crippen molar-refractivity contribution in [2.45, 2.75) is 25.4 Å². The van der Waals surface area contributed by atoms with Crippen molar-refractivity contribution in [3.05, 3.63) is 0 Å². The van der Waals surface area contributed by atoms with Crippen molar-refractivity contribution in [3.8, 4) is 0 Å². The SMILES string of the molecule is NC(=O)C1CC2OCC1CCC2=O. The minimum atomic E-state index is -0.365. The Kier molecular flexibility index (Phi) is 2.07. The number of nitrogens with two attached hydrogens (primary N) is 1. The standard InChI is InChI=1S/C9H13NO3/c10-9(12)6-3-8-7(11)2-1-5(6)4-13-8/h5-6,8H,1-4H2,(H2,10,12). The number of fused-ring (bicyclic) bond motifs is 4. The topological polar surface area (TPSA) is 69.4 Å². The zero-order chi connectivity index (χ0) is 9.42. The van der Waals surface area contributed by atoms with E-state index in [1.807, 2.05) is 0 Å². The minimum Gasteiger partial charge on any atom is -0.370 e. The van der Waals surface area contributed by atoms with Crippen LogP contribution < -0.4 is 5.73 Å². The maximum absolute atomic E-state index is 11.4. The number of carbonyl (C=O) groups is 2. The highest BCUT2D eigenvalue weighted by Crippen LogP contribution is 2.33. The first-order valence-corrected chi connectivity index (χ1v) is 4.62. The van der Waals surface area contributed by atoms with Gasteiger partial charge in [0.25, 0.3) is 0 Å². The van der Waals surface area contributed by atoms with Crippen LogP contribution in [0, 0.1) is 11.8 Å². The molecule has 2 heterocycles. The summed E-state index contributed by atoms with van der Waals surface area (Å²) < 4.78 is 5.34. The summed E-state index contributed by atoms with van der Waals surface area (Å²) in [6, 6.07) is 0. The van der Waals surface area contributed by atoms with E-state index < -0.39 is 0 Å². The van der Waals surface area contributed by atoms with Crippen molar-refractivity contribution in [1.82, 2.24) is 0 Å². The van der Waals surface area contributed by atoms with E-state index in [-0.39, 0.29) is 29.6 Å². The molecule has 4 heteroatoms. The normalized spacial score (nSPS) is 38.8. The molecule has 2 bridgehead atoms. The molecule has 0 aromatic heterocycles. The number of ether oxygens (including phenoxy) is 1. The number of carbonyl (C=O) groups excluding carboxylic acids is 2. The van der Waals surface area contributed by atoms with Crippen LogP contribution in [0.25, 0.3) is 0 Å². The molecule has 2 aliphatic heterocycles. The van der Waals surface area contributed by atoms with Crippen LogP contribution in [0.1, 0.15) is 19.3 Å². The third-order valence-electron chi connectivity index (χ3n) is 3.03. The molecule has 3 aliphatic rings. The number of ketones is 1. The van der Waals surface area contributed by atoms with E-state index in [2.05, 4.69) is 0 Å². The monoisotopic (exact) mass is 183 g/mol. The fourth-order valence-electron chi connectivity index (χ4n) is 2.19. The molecule has 3 fully saturated rings. The Balaban J connectivity index is 2.19. The highest BCUT2D eigenvalue weighted by atomic mass is 16.5. The molecule has 4 nitrogen and oxygen atoms in total. The van der Waals surface area contributed by atoms with Crippen molar-refractivity contribution >= 4 is 11.7 Å². The first kappa shape index (κ1) is 8.69. The molecule has 72 valence electrons. The van der Waals surface area contributed by atoms with E-state index in [1.54, 1.807) is 0 Å². The second kappa shape index (κ2) is 3.10. The van der Waals surface area contributed by atoms with Crippen LogP contribution in [0.2, 0.25) is 0 Å². The van der Waals surface area contributed by atoms with Crippen molar-refractivity contribution in [2.75, 3.05) is 6.61 Å². The zero-order valence-electron chi connectivity index (χ0n) is 7.36. The Labute approximate surface area is 76.4 Å². The Morgan fingerprint density at radius 1 is 1.54 bits per heavy atom. The summed E-state index contributed by atoms with van der Waals surface area (Å²) in [7, 11) is 0. The van der Waals surface area contributed by atoms with Gasteiger partial charge in [-0.3, -0.25) is 9.59 Å². The van der Waals surface area contributed by atoms with Gasteiger partial charge in [0, 0.05) is 12.3 Å². The Hall–Kier alpha value is -0.900. The van der Waals surface area contributed by atoms with Crippen molar-refractivity contribution in [2.24, 2.45) is 17.6 Å². The quantitative estimate of drug-likeness (QED) is 0.615. The molecule has 0 spiro atoms. The van der Waals surface area contributed by atoms with Gasteiger partial charge in [-0.15, -0.1) is 0 Å². The third kappa shape index (κ3) is 1.46. The summed E-state index contributed by atoms with van der Waals surface area (Å²) in [6.45, 7) is 0.518. The fraction of sp³-hybridized carbons (Fsp3) is 0.778. The van der Waals surface area contributed by atoms with Gasteiger partial charge in [-0.05, 0) is 18.8 Å². The number of Topliss-reactive ketones (excluding diaryl/α,β-unsaturated/α-hetero) is 1. The molecule has 0 radical (unpaired) electrons. The van der Waals surface area contributed by atoms with Crippen molar-refractivity contribution in [3.63, 3.8) is 0 Å². The number of primary amides is 1. The molecule has 13 heavy (non-hydrogen) atoms. The number of hydrogen-bond acceptors (Lipinski definition) is 3. The lowest BCUT2D eigenvalue weighted by Gasteiger charge is -2.29. The molecule has 2 N–H and O–H groups in total. The van der Waals surface area contributed by atoms with E-state index in [9.17, 15) is 9.59 Å². The molecule has 1 aliphatic carbocycles. The van der Waals surface area contributed by atoms with Gasteiger partial charge in [-0.2, -0.15) is 0 Å². The van der Waals surface area contributed by atoms with Crippen LogP contribution in [0.3, 0.4) is 0 Å². The molecule has 3 unspecified atom stereocenters. The summed E-state index contributed by atoms with van der Waals surface area (Å²) in [5.74, 6) is -0.135. The smallest absolute Gasteiger partial charge is 0.221 e. The lowest BCUT2D eigenvalue weighted by molar-refractivity contribution is -0.138. The van der Waals surface area contributed by atoms with Gasteiger partial charge in [-0.1, -0.05) is 0 Å². The summed E-state index contributed by atoms with van der Waals surface area (Å²) in [5, 5.41) is 0. The molecule has 1 saturated carbocycles. The highest BCUT2D eigenvalue weighted by molar-refractivity contribution is 5.86. The van der Waals surface area contributed by atoms with Gasteiger partial charge < -0.3 is 10.5 Å². The molecule has 3 atom stereocenters. The predicted octanol–water partition coefficient (Wildman–Crippen LogP) is -0.144. The molecule has 0 aromatic carbocycles. The second-order valence-electron chi connectivity index (χ2n) is 3.83. The lowest BCUT2D eigenvalue weighted by atomic mass is 9.86. The first-order chi connectivity index (χ1) is 6.18. The van der Waals surface area contributed by atoms with Gasteiger partial charge in [0.15, 0.2) is 5.78 Å². The fourth-order valence-corrected chi connectivity index (χ4v) is 2.19. The van der Waals surface area contributed by atoms with Gasteiger partial charge in [0.2, 0.25) is 5.91 Å². The summed E-state index contributed by atoms with van der Waals surface area (Å²) in [5.41, 5.74) is 5.26. The predicted molar refractivity (Wildman–Crippen MR) is 44.8 cm³/mol. The van der Waals surface area contributed by atoms with Gasteiger partial charge in [0.05, 0.1) is 6.61 Å². The van der Waals surface area contributed by atoms with Gasteiger partial charge in [-0.25, -0.2) is 0 Å². The maximum atomic E-state index is 11.4. The Morgan fingerprint density at radius 3 is 3.00 bits per heavy atom. The van der Waals surface area contributed by atoms with E-state index in [0.717, 1.165) is 6.42 Å². The van der Waals surface area contributed by atoms with Crippen LogP contribution in [-0.2, 0) is 14.3 Å². The average Bonchev–Trinajstić information content (AvgIpc) is 2.37. The summed E-state index contributed by atoms with van der Waals surface area (Å²) in [4.78, 5) is 22.4. The van der Waals surface area contributed by atoms with Crippen LogP contribution in [0.15, 0.2) is 0 Å². The number of rotatable bonds is 1. The Bertz CT molecular complexity index is 251. The summed E-state index contributed by atoms with van der Waals surface area (Å²) >= 11 is 0. The van der Waals surface area contributed by atoms with E-state index >= 15 is 0 Å². The Morgan fingerprint density at radius 2 is 2.31 bits per heavy atom. The number of hydrogen-bond donors (Lipinski definition) is 1. The van der Waals surface area contributed by atoms with Crippen LogP contribution in [0.5, 0.6) is 0 Å². The van der Waals surface area contributed by atoms with Gasteiger partial charge in [0.1, 0.15) is 6.10 Å². The molecule has 2 saturated heterocycles. The van der Waals surface area contributed by atoms with Crippen molar-refractivity contribution in [1.29, 1.82) is 0 Å². The lowest BCUT2D eigenvalue weighted by Crippen LogP contribution is -2.40. The summed E-state index contributed by atoms with van der Waals surface area (Å²) in [6.07, 6.45) is 1.43. The largest absolute Gasteiger partial charge is 0.370 e. The first-order valence-electron chi connectivity index (χ1n) is 4.62. The molecular formula is C9H13NO3. The van der Waals surface area contributed by atoms with Crippen molar-refractivity contribution < 1.29 is 14.3 Å². The molecule has 3 rings (SSSR count). The molecule has 1 amide bonds. The maximum Gasteiger partial charge on any atom is 0.221 e. The van der Waals surface area contributed by atoms with Crippen LogP contribution in [-0.4, -0.2) is 24.4 Å². The average molecular weight is 183 g/mol. The van der Waals surface area contributed by atoms with Crippen LogP contribution >= 0.6 is 0 Å². The van der Waals surface area contributed by atoms with Gasteiger partial charge >= 0.3 is 0 Å². The van der Waals surface area contributed by atoms with E-state index in [1.165, 1.54) is 0 Å². The second-order valence-corrected chi connectivity index (χ2v) is 3.83.